The standard InChI is InChI=1S/C21H20BClNO8P/c1-24-8-11(22)18(15(27)9-24)20-17(32-33(28,29)30)7-14(26)19-13(25)6-16(31-21(19)20)10-4-2-3-5-12(10)23/h2-7,11,15,18,26-27H,8-9H2,1H3,(H2,28,29,30)/t11-,15-,18?/m1/s1. The molecule has 3 aromatic rings. The Bertz CT molecular complexity index is 1310. The van der Waals surface area contributed by atoms with Crippen molar-refractivity contribution in [3.63, 3.8) is 0 Å². The van der Waals surface area contributed by atoms with Crippen LogP contribution < -0.4 is 9.95 Å². The van der Waals surface area contributed by atoms with E-state index in [-0.39, 0.29) is 28.8 Å². The van der Waals surface area contributed by atoms with E-state index < -0.39 is 42.6 Å². The Morgan fingerprint density at radius 2 is 1.94 bits per heavy atom. The molecule has 1 aromatic heterocycles. The van der Waals surface area contributed by atoms with Crippen LogP contribution in [0.15, 0.2) is 45.6 Å². The molecule has 0 saturated carbocycles. The van der Waals surface area contributed by atoms with Gasteiger partial charge in [-0.05, 0) is 25.7 Å². The third kappa shape index (κ3) is 4.68. The van der Waals surface area contributed by atoms with Crippen molar-refractivity contribution >= 4 is 38.2 Å². The number of nitrogens with zero attached hydrogens (tertiary/aromatic N) is 1. The highest BCUT2D eigenvalue weighted by atomic mass is 35.5. The van der Waals surface area contributed by atoms with Crippen LogP contribution in [0.1, 0.15) is 11.5 Å². The molecule has 2 aromatic carbocycles. The summed E-state index contributed by atoms with van der Waals surface area (Å²) in [4.78, 5) is 33.7. The zero-order valence-corrected chi connectivity index (χ0v) is 19.0. The highest BCUT2D eigenvalue weighted by Gasteiger charge is 2.38. The zero-order valence-electron chi connectivity index (χ0n) is 17.4. The molecule has 1 saturated heterocycles. The van der Waals surface area contributed by atoms with Crippen molar-refractivity contribution in [3.8, 4) is 22.8 Å². The third-order valence-electron chi connectivity index (χ3n) is 5.57. The van der Waals surface area contributed by atoms with Gasteiger partial charge in [-0.3, -0.25) is 14.6 Å². The number of likely N-dealkylation sites (N-methyl/N-ethyl adjacent to an activating group) is 1. The Morgan fingerprint density at radius 3 is 2.58 bits per heavy atom. The number of β-amino-alcohol motifs (C(OH)–C–C–N with tert-alkyl or cyclic N) is 1. The Kier molecular flexibility index (Phi) is 6.35. The highest BCUT2D eigenvalue weighted by Crippen LogP contribution is 2.50. The molecule has 4 rings (SSSR count). The Labute approximate surface area is 194 Å². The molecule has 9 nitrogen and oxygen atoms in total. The molecule has 2 radical (unpaired) electrons. The number of aliphatic hydroxyl groups excluding tert-OH is 1. The van der Waals surface area contributed by atoms with E-state index in [0.29, 0.717) is 17.1 Å². The average Bonchev–Trinajstić information content (AvgIpc) is 2.68. The molecule has 0 aliphatic carbocycles. The number of halogens is 1. The van der Waals surface area contributed by atoms with E-state index in [1.54, 1.807) is 36.2 Å². The summed E-state index contributed by atoms with van der Waals surface area (Å²) in [6, 6.07) is 8.68. The number of likely N-dealkylation sites (tertiary alicyclic amines) is 1. The molecule has 172 valence electrons. The van der Waals surface area contributed by atoms with Crippen molar-refractivity contribution in [3.05, 3.63) is 57.2 Å². The SMILES string of the molecule is [B][C@@H]1CN(C)C[C@@H](O)C1c1c(OP(=O)(O)O)cc(O)c2c(=O)cc(-c3ccccc3Cl)oc12. The molecule has 2 heterocycles. The van der Waals surface area contributed by atoms with Crippen LogP contribution in [0.5, 0.6) is 11.5 Å². The lowest BCUT2D eigenvalue weighted by Gasteiger charge is -2.39. The first-order valence-electron chi connectivity index (χ1n) is 9.92. The van der Waals surface area contributed by atoms with Crippen molar-refractivity contribution in [1.29, 1.82) is 0 Å². The number of benzene rings is 2. The van der Waals surface area contributed by atoms with E-state index in [1.165, 1.54) is 0 Å². The van der Waals surface area contributed by atoms with Crippen LogP contribution in [-0.2, 0) is 4.57 Å². The number of piperidine rings is 1. The number of phosphoric acid groups is 1. The van der Waals surface area contributed by atoms with Gasteiger partial charge in [-0.15, -0.1) is 0 Å². The van der Waals surface area contributed by atoms with E-state index in [1.807, 2.05) is 0 Å². The van der Waals surface area contributed by atoms with E-state index in [2.05, 4.69) is 0 Å². The number of phenolic OH excluding ortho intramolecular Hbond substituents is 1. The fourth-order valence-corrected chi connectivity index (χ4v) is 4.93. The fourth-order valence-electron chi connectivity index (χ4n) is 4.30. The maximum atomic E-state index is 13.0. The highest BCUT2D eigenvalue weighted by molar-refractivity contribution is 7.46. The molecule has 1 aliphatic heterocycles. The largest absolute Gasteiger partial charge is 0.524 e. The van der Waals surface area contributed by atoms with Crippen molar-refractivity contribution in [1.82, 2.24) is 4.90 Å². The van der Waals surface area contributed by atoms with Gasteiger partial charge < -0.3 is 24.1 Å². The average molecular weight is 492 g/mol. The van der Waals surface area contributed by atoms with Crippen LogP contribution in [-0.4, -0.2) is 59.0 Å². The normalized spacial score (nSPS) is 21.9. The van der Waals surface area contributed by atoms with Gasteiger partial charge in [-0.1, -0.05) is 29.6 Å². The van der Waals surface area contributed by atoms with Crippen LogP contribution in [0.25, 0.3) is 22.3 Å². The summed E-state index contributed by atoms with van der Waals surface area (Å²) in [5, 5.41) is 21.4. The van der Waals surface area contributed by atoms with Gasteiger partial charge in [-0.25, -0.2) is 4.57 Å². The minimum atomic E-state index is -5.09. The second-order valence-electron chi connectivity index (χ2n) is 8.03. The molecule has 3 atom stereocenters. The first-order chi connectivity index (χ1) is 15.5. The van der Waals surface area contributed by atoms with Crippen LogP contribution in [0.3, 0.4) is 0 Å². The lowest BCUT2D eigenvalue weighted by molar-refractivity contribution is 0.0639. The number of phenols is 1. The lowest BCUT2D eigenvalue weighted by Crippen LogP contribution is -2.44. The van der Waals surface area contributed by atoms with Gasteiger partial charge in [0.1, 0.15) is 28.2 Å². The predicted octanol–water partition coefficient (Wildman–Crippen LogP) is 2.64. The van der Waals surface area contributed by atoms with E-state index >= 15 is 0 Å². The summed E-state index contributed by atoms with van der Waals surface area (Å²) in [5.41, 5.74) is -0.461. The van der Waals surface area contributed by atoms with Gasteiger partial charge in [0.25, 0.3) is 0 Å². The fraction of sp³-hybridized carbons (Fsp3) is 0.286. The maximum absolute atomic E-state index is 13.0. The topological polar surface area (TPSA) is 141 Å². The van der Waals surface area contributed by atoms with Crippen molar-refractivity contribution < 1.29 is 33.5 Å². The summed E-state index contributed by atoms with van der Waals surface area (Å²) >= 11 is 6.26. The summed E-state index contributed by atoms with van der Waals surface area (Å²) in [6.45, 7) is 0.540. The van der Waals surface area contributed by atoms with E-state index in [9.17, 15) is 29.4 Å². The van der Waals surface area contributed by atoms with Gasteiger partial charge >= 0.3 is 7.82 Å². The van der Waals surface area contributed by atoms with Gasteiger partial charge in [-0.2, -0.15) is 0 Å². The monoisotopic (exact) mass is 491 g/mol. The van der Waals surface area contributed by atoms with Crippen LogP contribution >= 0.6 is 19.4 Å². The summed E-state index contributed by atoms with van der Waals surface area (Å²) in [5.74, 6) is -2.62. The number of hydrogen-bond donors (Lipinski definition) is 4. The number of hydrogen-bond acceptors (Lipinski definition) is 7. The van der Waals surface area contributed by atoms with E-state index in [4.69, 9.17) is 28.4 Å². The molecule has 0 amide bonds. The van der Waals surface area contributed by atoms with Crippen molar-refractivity contribution in [2.24, 2.45) is 0 Å². The van der Waals surface area contributed by atoms with Gasteiger partial charge in [0.2, 0.25) is 0 Å². The molecule has 0 bridgehead atoms. The Hall–Kier alpha value is -2.33. The molecule has 12 heteroatoms. The van der Waals surface area contributed by atoms with Crippen LogP contribution in [0.2, 0.25) is 10.8 Å². The Balaban J connectivity index is 2.08. The second kappa shape index (κ2) is 8.79. The van der Waals surface area contributed by atoms with Crippen LogP contribution in [0.4, 0.5) is 0 Å². The summed E-state index contributed by atoms with van der Waals surface area (Å²) in [7, 11) is 2.98. The molecule has 4 N–H and O–H groups in total. The molecule has 1 aliphatic rings. The van der Waals surface area contributed by atoms with Gasteiger partial charge in [0.15, 0.2) is 5.43 Å². The summed E-state index contributed by atoms with van der Waals surface area (Å²) in [6.07, 6.45) is -1.08. The predicted molar refractivity (Wildman–Crippen MR) is 123 cm³/mol. The number of aromatic hydroxyl groups is 1. The number of rotatable bonds is 4. The molecular formula is C21H20BClNO8P. The molecule has 0 spiro atoms. The van der Waals surface area contributed by atoms with Gasteiger partial charge in [0, 0.05) is 35.7 Å². The van der Waals surface area contributed by atoms with Crippen LogP contribution in [0, 0.1) is 0 Å². The quantitative estimate of drug-likeness (QED) is 0.320. The number of aliphatic hydroxyl groups is 1. The lowest BCUT2D eigenvalue weighted by atomic mass is 9.68. The van der Waals surface area contributed by atoms with Crippen molar-refractivity contribution in [2.45, 2.75) is 17.8 Å². The zero-order chi connectivity index (χ0) is 24.1. The first kappa shape index (κ1) is 23.8. The van der Waals surface area contributed by atoms with Gasteiger partial charge in [0.05, 0.1) is 19.0 Å². The molecule has 1 unspecified atom stereocenters. The minimum Gasteiger partial charge on any atom is -0.507 e. The van der Waals surface area contributed by atoms with E-state index in [0.717, 1.165) is 12.1 Å². The first-order valence-corrected chi connectivity index (χ1v) is 11.8. The van der Waals surface area contributed by atoms with Crippen molar-refractivity contribution in [2.75, 3.05) is 20.1 Å². The third-order valence-corrected chi connectivity index (χ3v) is 6.33. The second-order valence-corrected chi connectivity index (χ2v) is 9.60. The summed E-state index contributed by atoms with van der Waals surface area (Å²) < 4.78 is 22.5. The molecular weight excluding hydrogens is 471 g/mol. The Morgan fingerprint density at radius 1 is 1.24 bits per heavy atom. The number of phosphoric ester groups is 1. The smallest absolute Gasteiger partial charge is 0.507 e. The maximum Gasteiger partial charge on any atom is 0.524 e. The molecule has 1 fully saturated rings. The number of fused-ring (bicyclic) bond motifs is 1. The molecule has 33 heavy (non-hydrogen) atoms. The minimum absolute atomic E-state index is 0.0229.